The Morgan fingerprint density at radius 2 is 1.66 bits per heavy atom. The zero-order valence-electron chi connectivity index (χ0n) is 23.1. The molecule has 1 aliphatic heterocycles. The van der Waals surface area contributed by atoms with Crippen molar-refractivity contribution >= 4 is 34.0 Å². The Kier molecular flexibility index (Phi) is 8.63. The number of rotatable bonds is 4. The average Bonchev–Trinajstić information content (AvgIpc) is 3.64. The van der Waals surface area contributed by atoms with Crippen LogP contribution in [0.2, 0.25) is 0 Å². The zero-order chi connectivity index (χ0) is 27.5. The molecule has 0 atom stereocenters. The Balaban J connectivity index is 0.000000162. The predicted octanol–water partition coefficient (Wildman–Crippen LogP) is 8.50. The van der Waals surface area contributed by atoms with Gasteiger partial charge in [0.15, 0.2) is 0 Å². The minimum absolute atomic E-state index is 0. The van der Waals surface area contributed by atoms with E-state index in [9.17, 15) is 0 Å². The molecule has 0 amide bonds. The van der Waals surface area contributed by atoms with Crippen LogP contribution in [0.15, 0.2) is 113 Å². The minimum Gasteiger partial charge on any atom is -0.514 e. The zero-order valence-corrected chi connectivity index (χ0v) is 25.5. The van der Waals surface area contributed by atoms with Crippen LogP contribution in [0.3, 0.4) is 0 Å². The molecule has 5 nitrogen and oxygen atoms in total. The van der Waals surface area contributed by atoms with Crippen molar-refractivity contribution in [3.05, 3.63) is 128 Å². The molecular formula is C35H29IrN4O. The second-order valence-corrected chi connectivity index (χ2v) is 9.92. The van der Waals surface area contributed by atoms with E-state index in [1.54, 1.807) is 6.20 Å². The first-order valence-electron chi connectivity index (χ1n) is 13.4. The Labute approximate surface area is 254 Å². The maximum Gasteiger partial charge on any atom is 3.00 e. The van der Waals surface area contributed by atoms with Gasteiger partial charge in [0.1, 0.15) is 5.58 Å². The molecule has 204 valence electrons. The summed E-state index contributed by atoms with van der Waals surface area (Å²) in [5, 5.41) is 8.43. The number of nitrogens with zero attached hydrogens (tertiary/aromatic N) is 4. The molecule has 0 fully saturated rings. The third-order valence-electron chi connectivity index (χ3n) is 6.91. The number of aryl methyl sites for hydroxylation is 1. The normalized spacial score (nSPS) is 12.5. The molecule has 0 bridgehead atoms. The largest absolute Gasteiger partial charge is 3.00 e. The van der Waals surface area contributed by atoms with E-state index in [4.69, 9.17) is 4.42 Å². The van der Waals surface area contributed by atoms with Crippen LogP contribution in [-0.4, -0.2) is 22.3 Å². The van der Waals surface area contributed by atoms with Gasteiger partial charge in [0.2, 0.25) is 0 Å². The first kappa shape index (κ1) is 28.3. The summed E-state index contributed by atoms with van der Waals surface area (Å²) in [6.07, 6.45) is 3.62. The molecule has 3 heterocycles. The SMILES string of the molecule is CC(C)N1C=NN(c2[c-]ccc3c2oc2ccccc23)[CH-]1.Cc1ccccc1-c1c[c-]c(-c2ccccn2)cc1.[Ir+3]. The standard InChI is InChI=1S/C18H14N.C17H15N3O.Ir/c1-14-6-2-3-7-17(14)15-9-11-16(12-10-15)18-8-4-5-13-19-18;1-12(2)19-10-18-20(11-19)15-8-5-7-14-13-6-3-4-9-16(13)21-17(14)15;/h2-11,13H,1H3;3-7,9-12H,1-2H3;/q-1;-2;+3. The van der Waals surface area contributed by atoms with E-state index < -0.39 is 0 Å². The Morgan fingerprint density at radius 3 is 2.39 bits per heavy atom. The molecule has 0 N–H and O–H groups in total. The van der Waals surface area contributed by atoms with E-state index in [0.29, 0.717) is 6.04 Å². The number of aromatic nitrogens is 1. The molecule has 0 saturated heterocycles. The summed E-state index contributed by atoms with van der Waals surface area (Å²) >= 11 is 0. The summed E-state index contributed by atoms with van der Waals surface area (Å²) in [4.78, 5) is 6.39. The van der Waals surface area contributed by atoms with E-state index in [1.807, 2.05) is 72.6 Å². The number of pyridine rings is 1. The molecule has 0 radical (unpaired) electrons. The van der Waals surface area contributed by atoms with Crippen molar-refractivity contribution in [2.75, 3.05) is 5.01 Å². The van der Waals surface area contributed by atoms with Crippen molar-refractivity contribution in [1.29, 1.82) is 0 Å². The second-order valence-electron chi connectivity index (χ2n) is 9.92. The molecule has 0 aliphatic carbocycles. The van der Waals surface area contributed by atoms with Crippen LogP contribution in [0.1, 0.15) is 19.4 Å². The van der Waals surface area contributed by atoms with Gasteiger partial charge < -0.3 is 19.3 Å². The van der Waals surface area contributed by atoms with E-state index in [1.165, 1.54) is 16.7 Å². The van der Waals surface area contributed by atoms with Gasteiger partial charge in [0, 0.05) is 17.2 Å². The fraction of sp³-hybridized carbons (Fsp3) is 0.114. The van der Waals surface area contributed by atoms with Gasteiger partial charge in [-0.05, 0) is 50.3 Å². The summed E-state index contributed by atoms with van der Waals surface area (Å²) in [5.41, 5.74) is 8.25. The number of fused-ring (bicyclic) bond motifs is 3. The van der Waals surface area contributed by atoms with Crippen molar-refractivity contribution in [2.24, 2.45) is 5.10 Å². The number of anilines is 1. The molecular weight excluding hydrogens is 685 g/mol. The number of furan rings is 1. The average molecular weight is 714 g/mol. The Bertz CT molecular complexity index is 1780. The van der Waals surface area contributed by atoms with Gasteiger partial charge in [0.25, 0.3) is 0 Å². The van der Waals surface area contributed by atoms with Crippen LogP contribution in [0.5, 0.6) is 0 Å². The summed E-state index contributed by atoms with van der Waals surface area (Å²) in [6, 6.07) is 39.5. The van der Waals surface area contributed by atoms with Crippen LogP contribution < -0.4 is 5.01 Å². The van der Waals surface area contributed by atoms with E-state index >= 15 is 0 Å². The van der Waals surface area contributed by atoms with Crippen molar-refractivity contribution < 1.29 is 24.5 Å². The van der Waals surface area contributed by atoms with Crippen LogP contribution in [0, 0.1) is 25.7 Å². The smallest absolute Gasteiger partial charge is 0.514 e. The fourth-order valence-electron chi connectivity index (χ4n) is 4.70. The Morgan fingerprint density at radius 1 is 0.854 bits per heavy atom. The van der Waals surface area contributed by atoms with Gasteiger partial charge in [-0.2, -0.15) is 23.3 Å². The summed E-state index contributed by atoms with van der Waals surface area (Å²) in [5.74, 6) is 0. The molecule has 1 aliphatic rings. The molecule has 0 spiro atoms. The van der Waals surface area contributed by atoms with Gasteiger partial charge >= 0.3 is 20.1 Å². The minimum atomic E-state index is 0. The molecule has 6 heteroatoms. The number of para-hydroxylation sites is 1. The first-order chi connectivity index (χ1) is 19.6. The number of hydrazone groups is 1. The third kappa shape index (κ3) is 5.95. The number of hydrogen-bond donors (Lipinski definition) is 0. The van der Waals surface area contributed by atoms with Crippen LogP contribution >= 0.6 is 0 Å². The summed E-state index contributed by atoms with van der Waals surface area (Å²) < 4.78 is 6.01. The molecule has 7 rings (SSSR count). The van der Waals surface area contributed by atoms with E-state index in [0.717, 1.165) is 38.9 Å². The first-order valence-corrected chi connectivity index (χ1v) is 13.4. The maximum atomic E-state index is 6.01. The van der Waals surface area contributed by atoms with Crippen molar-refractivity contribution in [3.8, 4) is 22.4 Å². The quantitative estimate of drug-likeness (QED) is 0.172. The second kappa shape index (κ2) is 12.5. The van der Waals surface area contributed by atoms with Gasteiger partial charge in [-0.1, -0.05) is 76.7 Å². The van der Waals surface area contributed by atoms with Gasteiger partial charge in [0.05, 0.1) is 6.34 Å². The van der Waals surface area contributed by atoms with Gasteiger partial charge in [-0.3, -0.25) is 0 Å². The van der Waals surface area contributed by atoms with Crippen LogP contribution in [0.4, 0.5) is 5.69 Å². The van der Waals surface area contributed by atoms with Crippen molar-refractivity contribution in [3.63, 3.8) is 0 Å². The van der Waals surface area contributed by atoms with Gasteiger partial charge in [-0.25, -0.2) is 0 Å². The molecule has 2 aromatic heterocycles. The number of hydrogen-bond acceptors (Lipinski definition) is 5. The topological polar surface area (TPSA) is 44.9 Å². The van der Waals surface area contributed by atoms with Crippen LogP contribution in [-0.2, 0) is 20.1 Å². The predicted molar refractivity (Wildman–Crippen MR) is 163 cm³/mol. The molecule has 0 unspecified atom stereocenters. The number of benzene rings is 4. The summed E-state index contributed by atoms with van der Waals surface area (Å²) in [6.45, 7) is 8.33. The van der Waals surface area contributed by atoms with Crippen molar-refractivity contribution in [1.82, 2.24) is 9.88 Å². The van der Waals surface area contributed by atoms with Gasteiger partial charge in [-0.15, -0.1) is 36.5 Å². The monoisotopic (exact) mass is 714 g/mol. The maximum absolute atomic E-state index is 6.01. The van der Waals surface area contributed by atoms with Crippen molar-refractivity contribution in [2.45, 2.75) is 26.8 Å². The Hall–Kier alpha value is -4.25. The van der Waals surface area contributed by atoms with E-state index in [-0.39, 0.29) is 20.1 Å². The molecule has 6 aromatic rings. The third-order valence-corrected chi connectivity index (χ3v) is 6.91. The fourth-order valence-corrected chi connectivity index (χ4v) is 4.70. The molecule has 41 heavy (non-hydrogen) atoms. The molecule has 4 aromatic carbocycles. The summed E-state index contributed by atoms with van der Waals surface area (Å²) in [7, 11) is 0. The molecule has 0 saturated carbocycles. The van der Waals surface area contributed by atoms with Crippen LogP contribution in [0.25, 0.3) is 44.3 Å². The van der Waals surface area contributed by atoms with E-state index in [2.05, 4.69) is 90.4 Å².